The van der Waals surface area contributed by atoms with Crippen molar-refractivity contribution in [3.8, 4) is 17.2 Å². The Morgan fingerprint density at radius 2 is 2.00 bits per heavy atom. The molecule has 0 saturated heterocycles. The molecule has 1 amide bonds. The van der Waals surface area contributed by atoms with Crippen LogP contribution in [0.5, 0.6) is 5.75 Å². The zero-order valence-electron chi connectivity index (χ0n) is 13.8. The van der Waals surface area contributed by atoms with E-state index in [-0.39, 0.29) is 41.0 Å². The van der Waals surface area contributed by atoms with E-state index in [2.05, 4.69) is 15.5 Å². The number of carbonyl (C=O) groups excluding carboxylic acids is 2. The van der Waals surface area contributed by atoms with E-state index in [9.17, 15) is 14.0 Å². The lowest BCUT2D eigenvalue weighted by Crippen LogP contribution is -2.25. The smallest absolute Gasteiger partial charge is 0.277 e. The van der Waals surface area contributed by atoms with Gasteiger partial charge < -0.3 is 14.5 Å². The standard InChI is InChI=1S/C18H12FN3O4S/c19-12-4-1-10(2-5-12)17-21-22-18(26-17)27-9-14(23)11-3-6-15-13(7-11)20-16(24)8-25-15/h1-7H,8-9H2,(H,20,24). The number of halogens is 1. The lowest BCUT2D eigenvalue weighted by molar-refractivity contribution is -0.118. The van der Waals surface area contributed by atoms with Gasteiger partial charge in [-0.1, -0.05) is 11.8 Å². The molecule has 0 aliphatic carbocycles. The number of hydrogen-bond acceptors (Lipinski definition) is 7. The number of aromatic nitrogens is 2. The first-order valence-corrected chi connectivity index (χ1v) is 8.89. The van der Waals surface area contributed by atoms with Crippen LogP contribution in [-0.2, 0) is 4.79 Å². The van der Waals surface area contributed by atoms with E-state index >= 15 is 0 Å². The van der Waals surface area contributed by atoms with Crippen molar-refractivity contribution < 1.29 is 23.1 Å². The summed E-state index contributed by atoms with van der Waals surface area (Å²) in [6, 6.07) is 10.5. The summed E-state index contributed by atoms with van der Waals surface area (Å²) < 4.78 is 23.7. The molecular weight excluding hydrogens is 373 g/mol. The second-order valence-electron chi connectivity index (χ2n) is 5.64. The number of anilines is 1. The number of amides is 1. The number of ketones is 1. The maximum Gasteiger partial charge on any atom is 0.277 e. The minimum atomic E-state index is -0.356. The molecule has 0 atom stereocenters. The molecule has 1 aliphatic heterocycles. The number of hydrogen-bond donors (Lipinski definition) is 1. The summed E-state index contributed by atoms with van der Waals surface area (Å²) >= 11 is 1.10. The Balaban J connectivity index is 1.42. The molecule has 0 saturated carbocycles. The highest BCUT2D eigenvalue weighted by Gasteiger charge is 2.18. The number of nitrogens with zero attached hydrogens (tertiary/aromatic N) is 2. The van der Waals surface area contributed by atoms with Gasteiger partial charge in [0.25, 0.3) is 11.1 Å². The fraction of sp³-hybridized carbons (Fsp3) is 0.111. The second-order valence-corrected chi connectivity index (χ2v) is 6.57. The molecule has 3 aromatic rings. The summed E-state index contributed by atoms with van der Waals surface area (Å²) in [4.78, 5) is 23.8. The van der Waals surface area contributed by atoms with Gasteiger partial charge >= 0.3 is 0 Å². The highest BCUT2D eigenvalue weighted by atomic mass is 32.2. The summed E-state index contributed by atoms with van der Waals surface area (Å²) in [5.41, 5.74) is 1.50. The van der Waals surface area contributed by atoms with Gasteiger partial charge in [0, 0.05) is 11.1 Å². The SMILES string of the molecule is O=C1COc2ccc(C(=O)CSc3nnc(-c4ccc(F)cc4)o3)cc2N1. The van der Waals surface area contributed by atoms with Crippen LogP contribution in [-0.4, -0.2) is 34.2 Å². The van der Waals surface area contributed by atoms with E-state index in [4.69, 9.17) is 9.15 Å². The molecule has 136 valence electrons. The van der Waals surface area contributed by atoms with Crippen molar-refractivity contribution in [1.29, 1.82) is 0 Å². The van der Waals surface area contributed by atoms with E-state index in [1.807, 2.05) is 0 Å². The maximum absolute atomic E-state index is 13.0. The molecule has 4 rings (SSSR count). The highest BCUT2D eigenvalue weighted by Crippen LogP contribution is 2.29. The van der Waals surface area contributed by atoms with E-state index in [1.54, 1.807) is 18.2 Å². The number of rotatable bonds is 5. The van der Waals surface area contributed by atoms with E-state index in [1.165, 1.54) is 24.3 Å². The lowest BCUT2D eigenvalue weighted by atomic mass is 10.1. The summed E-state index contributed by atoms with van der Waals surface area (Å²) in [6.45, 7) is -0.0380. The first-order chi connectivity index (χ1) is 13.1. The molecule has 2 heterocycles. The second kappa shape index (κ2) is 7.20. The van der Waals surface area contributed by atoms with Crippen molar-refractivity contribution in [3.05, 3.63) is 53.8 Å². The lowest BCUT2D eigenvalue weighted by Gasteiger charge is -2.18. The van der Waals surface area contributed by atoms with Crippen molar-refractivity contribution in [3.63, 3.8) is 0 Å². The van der Waals surface area contributed by atoms with Gasteiger partial charge in [-0.3, -0.25) is 9.59 Å². The Morgan fingerprint density at radius 1 is 1.19 bits per heavy atom. The molecule has 0 radical (unpaired) electrons. The number of thioether (sulfide) groups is 1. The molecule has 9 heteroatoms. The normalized spacial score (nSPS) is 12.9. The summed E-state index contributed by atoms with van der Waals surface area (Å²) in [6.07, 6.45) is 0. The van der Waals surface area contributed by atoms with Gasteiger partial charge in [0.05, 0.1) is 11.4 Å². The Hall–Kier alpha value is -3.20. The van der Waals surface area contributed by atoms with Gasteiger partial charge in [-0.15, -0.1) is 10.2 Å². The molecule has 0 spiro atoms. The number of ether oxygens (including phenoxy) is 1. The predicted molar refractivity (Wildman–Crippen MR) is 95.3 cm³/mol. The minimum absolute atomic E-state index is 0.0380. The third-order valence-electron chi connectivity index (χ3n) is 3.76. The van der Waals surface area contributed by atoms with Crippen LogP contribution in [0.4, 0.5) is 10.1 Å². The Labute approximate surface area is 156 Å². The zero-order chi connectivity index (χ0) is 18.8. The first-order valence-electron chi connectivity index (χ1n) is 7.90. The zero-order valence-corrected chi connectivity index (χ0v) is 14.6. The van der Waals surface area contributed by atoms with Crippen LogP contribution in [0.2, 0.25) is 0 Å². The highest BCUT2D eigenvalue weighted by molar-refractivity contribution is 7.99. The quantitative estimate of drug-likeness (QED) is 0.532. The van der Waals surface area contributed by atoms with Crippen LogP contribution < -0.4 is 10.1 Å². The number of benzene rings is 2. The molecule has 1 aromatic heterocycles. The number of carbonyl (C=O) groups is 2. The molecule has 0 unspecified atom stereocenters. The van der Waals surface area contributed by atoms with E-state index in [0.29, 0.717) is 22.6 Å². The van der Waals surface area contributed by atoms with Crippen LogP contribution >= 0.6 is 11.8 Å². The third kappa shape index (κ3) is 3.82. The average Bonchev–Trinajstić information content (AvgIpc) is 3.15. The Kier molecular flexibility index (Phi) is 4.59. The molecular formula is C18H12FN3O4S. The van der Waals surface area contributed by atoms with Gasteiger partial charge in [0.1, 0.15) is 11.6 Å². The largest absolute Gasteiger partial charge is 0.482 e. The molecule has 7 nitrogen and oxygen atoms in total. The third-order valence-corrected chi connectivity index (χ3v) is 4.58. The number of Topliss-reactive ketones (excluding diaryl/α,β-unsaturated/α-hetero) is 1. The maximum atomic E-state index is 13.0. The van der Waals surface area contributed by atoms with Crippen molar-refractivity contribution in [2.75, 3.05) is 17.7 Å². The molecule has 0 fully saturated rings. The van der Waals surface area contributed by atoms with Gasteiger partial charge in [-0.2, -0.15) is 0 Å². The topological polar surface area (TPSA) is 94.3 Å². The summed E-state index contributed by atoms with van der Waals surface area (Å²) in [5, 5.41) is 10.7. The van der Waals surface area contributed by atoms with Crippen LogP contribution in [0, 0.1) is 5.82 Å². The molecule has 27 heavy (non-hydrogen) atoms. The summed E-state index contributed by atoms with van der Waals surface area (Å²) in [5.74, 6) is 0.0756. The minimum Gasteiger partial charge on any atom is -0.482 e. The van der Waals surface area contributed by atoms with Crippen LogP contribution in [0.15, 0.2) is 52.1 Å². The monoisotopic (exact) mass is 385 g/mol. The van der Waals surface area contributed by atoms with Crippen molar-refractivity contribution in [2.45, 2.75) is 5.22 Å². The average molecular weight is 385 g/mol. The van der Waals surface area contributed by atoms with E-state index in [0.717, 1.165) is 11.8 Å². The molecule has 1 aliphatic rings. The fourth-order valence-electron chi connectivity index (χ4n) is 2.44. The molecule has 1 N–H and O–H groups in total. The van der Waals surface area contributed by atoms with Crippen molar-refractivity contribution in [1.82, 2.24) is 10.2 Å². The van der Waals surface area contributed by atoms with Crippen LogP contribution in [0.25, 0.3) is 11.5 Å². The van der Waals surface area contributed by atoms with E-state index < -0.39 is 0 Å². The first kappa shape index (κ1) is 17.2. The Bertz CT molecular complexity index is 1020. The van der Waals surface area contributed by atoms with Gasteiger partial charge in [0.2, 0.25) is 5.89 Å². The van der Waals surface area contributed by atoms with Crippen LogP contribution in [0.3, 0.4) is 0 Å². The van der Waals surface area contributed by atoms with Crippen molar-refractivity contribution in [2.24, 2.45) is 0 Å². The molecule has 2 aromatic carbocycles. The van der Waals surface area contributed by atoms with Gasteiger partial charge in [0.15, 0.2) is 12.4 Å². The van der Waals surface area contributed by atoms with Gasteiger partial charge in [-0.25, -0.2) is 4.39 Å². The fourth-order valence-corrected chi connectivity index (χ4v) is 3.10. The molecule has 0 bridgehead atoms. The summed E-state index contributed by atoms with van der Waals surface area (Å²) in [7, 11) is 0. The van der Waals surface area contributed by atoms with Gasteiger partial charge in [-0.05, 0) is 42.5 Å². The number of fused-ring (bicyclic) bond motifs is 1. The van der Waals surface area contributed by atoms with Crippen LogP contribution in [0.1, 0.15) is 10.4 Å². The number of nitrogens with one attached hydrogen (secondary N) is 1. The predicted octanol–water partition coefficient (Wildman–Crippen LogP) is 3.18. The van der Waals surface area contributed by atoms with Crippen molar-refractivity contribution >= 4 is 29.1 Å². The Morgan fingerprint density at radius 3 is 2.81 bits per heavy atom.